The van der Waals surface area contributed by atoms with Crippen molar-refractivity contribution in [3.8, 4) is 5.82 Å². The van der Waals surface area contributed by atoms with Gasteiger partial charge in [-0.2, -0.15) is 9.67 Å². The second-order valence-corrected chi connectivity index (χ2v) is 6.03. The van der Waals surface area contributed by atoms with E-state index in [-0.39, 0.29) is 37.7 Å². The smallest absolute Gasteiger partial charge is 0.259 e. The Morgan fingerprint density at radius 3 is 2.50 bits per heavy atom. The standard InChI is InChI=1S/C14H15ClF2N6O/c1-8-19-9(2)23(21-8)11-10(16)7-18-13(20-11)22-5-3-14(17,4-6-22)12(15)24/h7H,3-6H2,1-2H3. The number of aromatic nitrogens is 5. The lowest BCUT2D eigenvalue weighted by molar-refractivity contribution is -0.123. The molecule has 0 unspecified atom stereocenters. The number of anilines is 1. The fourth-order valence-electron chi connectivity index (χ4n) is 2.63. The Balaban J connectivity index is 1.88. The molecule has 1 aliphatic rings. The van der Waals surface area contributed by atoms with E-state index in [9.17, 15) is 13.6 Å². The normalized spacial score (nSPS) is 17.1. The predicted molar refractivity (Wildman–Crippen MR) is 82.5 cm³/mol. The van der Waals surface area contributed by atoms with Crippen molar-refractivity contribution in [3.63, 3.8) is 0 Å². The van der Waals surface area contributed by atoms with E-state index in [1.165, 1.54) is 4.68 Å². The van der Waals surface area contributed by atoms with Gasteiger partial charge in [-0.1, -0.05) is 0 Å². The maximum Gasteiger partial charge on any atom is 0.259 e. The highest BCUT2D eigenvalue weighted by atomic mass is 35.5. The van der Waals surface area contributed by atoms with Crippen LogP contribution in [0.2, 0.25) is 0 Å². The third-order valence-corrected chi connectivity index (χ3v) is 4.32. The zero-order valence-electron chi connectivity index (χ0n) is 13.1. The molecule has 1 saturated heterocycles. The maximum atomic E-state index is 14.2. The molecule has 0 amide bonds. The van der Waals surface area contributed by atoms with Crippen molar-refractivity contribution in [3.05, 3.63) is 23.7 Å². The van der Waals surface area contributed by atoms with Crippen molar-refractivity contribution in [1.82, 2.24) is 24.7 Å². The average Bonchev–Trinajstić information content (AvgIpc) is 2.87. The van der Waals surface area contributed by atoms with E-state index in [2.05, 4.69) is 20.1 Å². The molecule has 0 aliphatic carbocycles. The SMILES string of the molecule is Cc1nc(C)n(-c2nc(N3CCC(F)(C(=O)Cl)CC3)ncc2F)n1. The molecule has 3 rings (SSSR count). The van der Waals surface area contributed by atoms with Crippen molar-refractivity contribution in [2.75, 3.05) is 18.0 Å². The third kappa shape index (κ3) is 2.95. The van der Waals surface area contributed by atoms with Crippen LogP contribution in [0.25, 0.3) is 5.82 Å². The van der Waals surface area contributed by atoms with Gasteiger partial charge in [0.15, 0.2) is 17.3 Å². The molecule has 0 atom stereocenters. The number of hydrogen-bond acceptors (Lipinski definition) is 6. The van der Waals surface area contributed by atoms with Crippen molar-refractivity contribution in [2.24, 2.45) is 0 Å². The molecule has 2 aromatic heterocycles. The van der Waals surface area contributed by atoms with E-state index in [1.807, 2.05) is 0 Å². The van der Waals surface area contributed by atoms with Crippen LogP contribution in [0.4, 0.5) is 14.7 Å². The highest BCUT2D eigenvalue weighted by Gasteiger charge is 2.41. The first-order valence-electron chi connectivity index (χ1n) is 7.37. The van der Waals surface area contributed by atoms with Crippen molar-refractivity contribution in [2.45, 2.75) is 32.4 Å². The second kappa shape index (κ2) is 6.04. The Labute approximate surface area is 141 Å². The van der Waals surface area contributed by atoms with Crippen LogP contribution >= 0.6 is 11.6 Å². The van der Waals surface area contributed by atoms with E-state index in [4.69, 9.17) is 11.6 Å². The fourth-order valence-corrected chi connectivity index (χ4v) is 2.82. The van der Waals surface area contributed by atoms with Crippen LogP contribution in [0.5, 0.6) is 0 Å². The van der Waals surface area contributed by atoms with Crippen molar-refractivity contribution in [1.29, 1.82) is 0 Å². The highest BCUT2D eigenvalue weighted by molar-refractivity contribution is 6.65. The molecule has 1 aliphatic heterocycles. The Bertz CT molecular complexity index is 788. The Morgan fingerprint density at radius 2 is 1.96 bits per heavy atom. The average molecular weight is 357 g/mol. The minimum absolute atomic E-state index is 0.0244. The summed E-state index contributed by atoms with van der Waals surface area (Å²) >= 11 is 5.31. The zero-order chi connectivity index (χ0) is 17.5. The van der Waals surface area contributed by atoms with E-state index < -0.39 is 16.7 Å². The number of piperidine rings is 1. The minimum atomic E-state index is -2.03. The highest BCUT2D eigenvalue weighted by Crippen LogP contribution is 2.30. The number of halogens is 3. The quantitative estimate of drug-likeness (QED) is 0.782. The molecule has 0 saturated carbocycles. The lowest BCUT2D eigenvalue weighted by Gasteiger charge is -2.34. The van der Waals surface area contributed by atoms with Gasteiger partial charge in [-0.25, -0.2) is 18.7 Å². The van der Waals surface area contributed by atoms with Crippen LogP contribution < -0.4 is 4.90 Å². The molecule has 1 fully saturated rings. The first kappa shape index (κ1) is 16.7. The summed E-state index contributed by atoms with van der Waals surface area (Å²) in [6.45, 7) is 3.79. The van der Waals surface area contributed by atoms with E-state index >= 15 is 0 Å². The monoisotopic (exact) mass is 356 g/mol. The van der Waals surface area contributed by atoms with Crippen molar-refractivity contribution >= 4 is 22.8 Å². The molecule has 0 bridgehead atoms. The number of aryl methyl sites for hydroxylation is 2. The van der Waals surface area contributed by atoms with Crippen LogP contribution in [0, 0.1) is 19.7 Å². The maximum absolute atomic E-state index is 14.2. The Hall–Kier alpha value is -2.16. The minimum Gasteiger partial charge on any atom is -0.340 e. The van der Waals surface area contributed by atoms with Gasteiger partial charge < -0.3 is 4.90 Å². The zero-order valence-corrected chi connectivity index (χ0v) is 13.9. The molecular formula is C14H15ClF2N6O. The van der Waals surface area contributed by atoms with Gasteiger partial charge in [0.25, 0.3) is 5.24 Å². The molecular weight excluding hydrogens is 342 g/mol. The third-order valence-electron chi connectivity index (χ3n) is 3.98. The van der Waals surface area contributed by atoms with Crippen LogP contribution in [0.3, 0.4) is 0 Å². The van der Waals surface area contributed by atoms with Gasteiger partial charge in [0, 0.05) is 25.9 Å². The molecule has 0 radical (unpaired) electrons. The molecule has 7 nitrogen and oxygen atoms in total. The van der Waals surface area contributed by atoms with Gasteiger partial charge in [0.2, 0.25) is 5.95 Å². The summed E-state index contributed by atoms with van der Waals surface area (Å²) in [4.78, 5) is 25.1. The molecule has 0 aromatic carbocycles. The number of carbonyl (C=O) groups is 1. The number of rotatable bonds is 3. The number of hydrogen-bond donors (Lipinski definition) is 0. The van der Waals surface area contributed by atoms with Gasteiger partial charge >= 0.3 is 0 Å². The first-order valence-corrected chi connectivity index (χ1v) is 7.75. The largest absolute Gasteiger partial charge is 0.340 e. The lowest BCUT2D eigenvalue weighted by Crippen LogP contribution is -2.45. The van der Waals surface area contributed by atoms with Crippen LogP contribution in [-0.2, 0) is 4.79 Å². The summed E-state index contributed by atoms with van der Waals surface area (Å²) in [6.07, 6.45) is 0.915. The summed E-state index contributed by atoms with van der Waals surface area (Å²) in [5.41, 5.74) is -2.03. The summed E-state index contributed by atoms with van der Waals surface area (Å²) in [6, 6.07) is 0. The molecule has 10 heteroatoms. The predicted octanol–water partition coefficient (Wildman–Crippen LogP) is 1.89. The van der Waals surface area contributed by atoms with E-state index in [1.54, 1.807) is 18.7 Å². The van der Waals surface area contributed by atoms with Gasteiger partial charge in [-0.05, 0) is 25.4 Å². The molecule has 0 spiro atoms. The molecule has 128 valence electrons. The topological polar surface area (TPSA) is 76.8 Å². The Morgan fingerprint density at radius 1 is 1.29 bits per heavy atom. The van der Waals surface area contributed by atoms with E-state index in [0.717, 1.165) is 6.20 Å². The molecule has 3 heterocycles. The molecule has 0 N–H and O–H groups in total. The fraction of sp³-hybridized carbons (Fsp3) is 0.500. The molecule has 24 heavy (non-hydrogen) atoms. The van der Waals surface area contributed by atoms with Gasteiger partial charge in [-0.15, -0.1) is 5.10 Å². The van der Waals surface area contributed by atoms with Gasteiger partial charge in [-0.3, -0.25) is 4.79 Å². The van der Waals surface area contributed by atoms with Crippen LogP contribution in [0.1, 0.15) is 24.5 Å². The van der Waals surface area contributed by atoms with Gasteiger partial charge in [0.05, 0.1) is 6.20 Å². The second-order valence-electron chi connectivity index (χ2n) is 5.69. The number of nitrogens with zero attached hydrogens (tertiary/aromatic N) is 6. The summed E-state index contributed by atoms with van der Waals surface area (Å²) in [5.74, 6) is 0.559. The van der Waals surface area contributed by atoms with Crippen LogP contribution in [0.15, 0.2) is 6.20 Å². The number of carbonyl (C=O) groups excluding carboxylic acids is 1. The lowest BCUT2D eigenvalue weighted by atomic mass is 9.95. The van der Waals surface area contributed by atoms with Gasteiger partial charge in [0.1, 0.15) is 11.6 Å². The van der Waals surface area contributed by atoms with E-state index in [0.29, 0.717) is 11.6 Å². The summed E-state index contributed by atoms with van der Waals surface area (Å²) in [7, 11) is 0. The Kier molecular flexibility index (Phi) is 4.20. The first-order chi connectivity index (χ1) is 11.3. The van der Waals surface area contributed by atoms with Crippen LogP contribution in [-0.4, -0.2) is 48.7 Å². The summed E-state index contributed by atoms with van der Waals surface area (Å²) < 4.78 is 29.6. The molecule has 2 aromatic rings. The number of alkyl halides is 1. The van der Waals surface area contributed by atoms with Crippen molar-refractivity contribution < 1.29 is 13.6 Å². The summed E-state index contributed by atoms with van der Waals surface area (Å²) in [5, 5.41) is 3.12.